The van der Waals surface area contributed by atoms with Gasteiger partial charge in [-0.05, 0) is 25.8 Å². The number of carbonyl (C=O) groups excluding carboxylic acids is 1. The fourth-order valence-corrected chi connectivity index (χ4v) is 0.431. The van der Waals surface area contributed by atoms with Crippen molar-refractivity contribution < 1.29 is 15.0 Å². The molecule has 4 heteroatoms. The summed E-state index contributed by atoms with van der Waals surface area (Å²) in [6.07, 6.45) is 3.74. The average molecular weight is 177 g/mol. The maximum atomic E-state index is 9.60. The standard InChI is InChI=1S/C5H10O2.C3H9NO/c6-4-2-1-3-5-7;4-2-1-3-5/h4,7H,1-3,5H2;5H,1-4H2. The number of hydrogen-bond donors (Lipinski definition) is 3. The minimum Gasteiger partial charge on any atom is -0.396 e. The predicted octanol–water partition coefficient (Wildman–Crippen LogP) is -0.325. The van der Waals surface area contributed by atoms with Crippen molar-refractivity contribution in [3.05, 3.63) is 0 Å². The summed E-state index contributed by atoms with van der Waals surface area (Å²) < 4.78 is 0. The van der Waals surface area contributed by atoms with Crippen LogP contribution in [0.15, 0.2) is 0 Å². The molecule has 0 atom stereocenters. The number of aliphatic hydroxyl groups excluding tert-OH is 2. The lowest BCUT2D eigenvalue weighted by Gasteiger charge is -1.85. The molecule has 12 heavy (non-hydrogen) atoms. The minimum atomic E-state index is 0.202. The molecule has 4 N–H and O–H groups in total. The Balaban J connectivity index is 0. The Hall–Kier alpha value is -0.450. The fourth-order valence-electron chi connectivity index (χ4n) is 0.431. The van der Waals surface area contributed by atoms with E-state index in [1.807, 2.05) is 0 Å². The number of carbonyl (C=O) groups is 1. The van der Waals surface area contributed by atoms with Gasteiger partial charge in [-0.2, -0.15) is 0 Å². The lowest BCUT2D eigenvalue weighted by Crippen LogP contribution is -1.99. The van der Waals surface area contributed by atoms with E-state index in [1.165, 1.54) is 0 Å². The molecule has 0 aliphatic carbocycles. The van der Waals surface area contributed by atoms with Crippen LogP contribution in [0.1, 0.15) is 25.7 Å². The first-order valence-corrected chi connectivity index (χ1v) is 4.18. The smallest absolute Gasteiger partial charge is 0.119 e. The van der Waals surface area contributed by atoms with Gasteiger partial charge in [0.1, 0.15) is 6.29 Å². The van der Waals surface area contributed by atoms with Crippen LogP contribution in [0.25, 0.3) is 0 Å². The van der Waals surface area contributed by atoms with E-state index < -0.39 is 0 Å². The van der Waals surface area contributed by atoms with E-state index in [1.54, 1.807) is 0 Å². The average Bonchev–Trinajstić information content (AvgIpc) is 2.08. The Labute approximate surface area is 73.4 Å². The molecule has 0 heterocycles. The van der Waals surface area contributed by atoms with Crippen LogP contribution in [0.3, 0.4) is 0 Å². The number of nitrogens with two attached hydrogens (primary N) is 1. The van der Waals surface area contributed by atoms with E-state index in [-0.39, 0.29) is 13.2 Å². The topological polar surface area (TPSA) is 83.5 Å². The second-order valence-corrected chi connectivity index (χ2v) is 2.25. The van der Waals surface area contributed by atoms with Crippen molar-refractivity contribution in [2.75, 3.05) is 19.8 Å². The quantitative estimate of drug-likeness (QED) is 0.383. The zero-order valence-corrected chi connectivity index (χ0v) is 7.41. The molecule has 0 aromatic heterocycles. The monoisotopic (exact) mass is 177 g/mol. The van der Waals surface area contributed by atoms with E-state index in [2.05, 4.69) is 0 Å². The summed E-state index contributed by atoms with van der Waals surface area (Å²) >= 11 is 0. The van der Waals surface area contributed by atoms with Gasteiger partial charge < -0.3 is 20.7 Å². The normalized spacial score (nSPS) is 8.58. The van der Waals surface area contributed by atoms with Crippen molar-refractivity contribution in [1.82, 2.24) is 0 Å². The lowest BCUT2D eigenvalue weighted by molar-refractivity contribution is -0.107. The van der Waals surface area contributed by atoms with Crippen LogP contribution >= 0.6 is 0 Å². The van der Waals surface area contributed by atoms with Crippen molar-refractivity contribution in [2.45, 2.75) is 25.7 Å². The molecule has 0 spiro atoms. The zero-order valence-electron chi connectivity index (χ0n) is 7.41. The summed E-state index contributed by atoms with van der Waals surface area (Å²) in [4.78, 5) is 9.60. The first-order chi connectivity index (χ1) is 5.83. The SMILES string of the molecule is NCCCO.O=CCCCCO. The second kappa shape index (κ2) is 16.9. The maximum absolute atomic E-state index is 9.60. The lowest BCUT2D eigenvalue weighted by atomic mass is 10.3. The van der Waals surface area contributed by atoms with Crippen molar-refractivity contribution in [1.29, 1.82) is 0 Å². The van der Waals surface area contributed by atoms with Crippen molar-refractivity contribution >= 4 is 6.29 Å². The van der Waals surface area contributed by atoms with Gasteiger partial charge in [0.25, 0.3) is 0 Å². The van der Waals surface area contributed by atoms with E-state index in [0.29, 0.717) is 13.0 Å². The summed E-state index contributed by atoms with van der Waals surface area (Å²) in [6, 6.07) is 0. The van der Waals surface area contributed by atoms with Crippen molar-refractivity contribution in [2.24, 2.45) is 5.73 Å². The first kappa shape index (κ1) is 14.1. The fraction of sp³-hybridized carbons (Fsp3) is 0.875. The molecular weight excluding hydrogens is 158 g/mol. The molecule has 0 bridgehead atoms. The molecule has 0 saturated carbocycles. The molecule has 0 rings (SSSR count). The summed E-state index contributed by atoms with van der Waals surface area (Å²) in [7, 11) is 0. The van der Waals surface area contributed by atoms with Crippen LogP contribution in [-0.2, 0) is 4.79 Å². The highest BCUT2D eigenvalue weighted by molar-refractivity contribution is 5.48. The summed E-state index contributed by atoms with van der Waals surface area (Å²) in [5.74, 6) is 0. The van der Waals surface area contributed by atoms with Crippen LogP contribution in [0.5, 0.6) is 0 Å². The maximum Gasteiger partial charge on any atom is 0.119 e. The minimum absolute atomic E-state index is 0.202. The van der Waals surface area contributed by atoms with Gasteiger partial charge in [-0.15, -0.1) is 0 Å². The molecule has 0 aromatic carbocycles. The molecule has 0 radical (unpaired) electrons. The van der Waals surface area contributed by atoms with Gasteiger partial charge in [-0.25, -0.2) is 0 Å². The zero-order chi connectivity index (χ0) is 9.66. The molecule has 0 fully saturated rings. The largest absolute Gasteiger partial charge is 0.396 e. The predicted molar refractivity (Wildman–Crippen MR) is 47.8 cm³/mol. The Kier molecular flexibility index (Phi) is 19.8. The van der Waals surface area contributed by atoms with E-state index >= 15 is 0 Å². The van der Waals surface area contributed by atoms with Gasteiger partial charge in [-0.3, -0.25) is 0 Å². The Morgan fingerprint density at radius 2 is 1.67 bits per heavy atom. The third kappa shape index (κ3) is 22.7. The molecule has 74 valence electrons. The number of aldehydes is 1. The van der Waals surface area contributed by atoms with Crippen LogP contribution in [0.4, 0.5) is 0 Å². The number of rotatable bonds is 6. The molecule has 0 amide bonds. The number of hydrogen-bond acceptors (Lipinski definition) is 4. The van der Waals surface area contributed by atoms with Crippen LogP contribution in [0.2, 0.25) is 0 Å². The Morgan fingerprint density at radius 1 is 1.08 bits per heavy atom. The second-order valence-electron chi connectivity index (χ2n) is 2.25. The molecule has 4 nitrogen and oxygen atoms in total. The Morgan fingerprint density at radius 3 is 1.92 bits per heavy atom. The molecule has 0 unspecified atom stereocenters. The number of aliphatic hydroxyl groups is 2. The van der Waals surface area contributed by atoms with Crippen LogP contribution in [-0.4, -0.2) is 36.3 Å². The van der Waals surface area contributed by atoms with E-state index in [9.17, 15) is 4.79 Å². The van der Waals surface area contributed by atoms with E-state index in [4.69, 9.17) is 15.9 Å². The highest BCUT2D eigenvalue weighted by Crippen LogP contribution is 1.88. The third-order valence-corrected chi connectivity index (χ3v) is 1.09. The molecule has 0 aromatic rings. The van der Waals surface area contributed by atoms with Gasteiger partial charge in [0.15, 0.2) is 0 Å². The van der Waals surface area contributed by atoms with Gasteiger partial charge in [-0.1, -0.05) is 0 Å². The summed E-state index contributed by atoms with van der Waals surface area (Å²) in [6.45, 7) is 1.01. The molecule has 0 aliphatic heterocycles. The molecular formula is C8H19NO3. The number of unbranched alkanes of at least 4 members (excludes halogenated alkanes) is 2. The van der Waals surface area contributed by atoms with Crippen molar-refractivity contribution in [3.8, 4) is 0 Å². The molecule has 0 saturated heterocycles. The highest BCUT2D eigenvalue weighted by Gasteiger charge is 1.80. The molecule has 0 aliphatic rings. The van der Waals surface area contributed by atoms with Gasteiger partial charge in [0.2, 0.25) is 0 Å². The summed E-state index contributed by atoms with van der Waals surface area (Å²) in [5.41, 5.74) is 4.98. The first-order valence-electron chi connectivity index (χ1n) is 4.18. The van der Waals surface area contributed by atoms with E-state index in [0.717, 1.165) is 25.5 Å². The third-order valence-electron chi connectivity index (χ3n) is 1.09. The van der Waals surface area contributed by atoms with Crippen molar-refractivity contribution in [3.63, 3.8) is 0 Å². The van der Waals surface area contributed by atoms with Crippen LogP contribution < -0.4 is 5.73 Å². The van der Waals surface area contributed by atoms with Gasteiger partial charge in [0, 0.05) is 19.6 Å². The summed E-state index contributed by atoms with van der Waals surface area (Å²) in [5, 5.41) is 16.2. The van der Waals surface area contributed by atoms with Gasteiger partial charge in [0.05, 0.1) is 0 Å². The van der Waals surface area contributed by atoms with Gasteiger partial charge >= 0.3 is 0 Å². The highest BCUT2D eigenvalue weighted by atomic mass is 16.3. The van der Waals surface area contributed by atoms with Crippen LogP contribution in [0, 0.1) is 0 Å². The Bertz CT molecular complexity index is 76.7.